The minimum atomic E-state index is -0.420. The highest BCUT2D eigenvalue weighted by Gasteiger charge is 2.23. The number of fused-ring (bicyclic) bond motifs is 1. The Morgan fingerprint density at radius 2 is 2.08 bits per heavy atom. The van der Waals surface area contributed by atoms with E-state index in [0.29, 0.717) is 16.7 Å². The number of thioether (sulfide) groups is 1. The third-order valence-electron chi connectivity index (χ3n) is 4.28. The van der Waals surface area contributed by atoms with Gasteiger partial charge in [0.2, 0.25) is 5.91 Å². The molecular formula is C17H21N3O3S. The Morgan fingerprint density at radius 1 is 1.29 bits per heavy atom. The molecule has 6 nitrogen and oxygen atoms in total. The SMILES string of the molecule is C[C@@H]1CCCC[C@H]1NC(=O)NC(=O)CSc1nc2ccccc2o1. The second kappa shape index (κ2) is 7.70. The molecule has 0 radical (unpaired) electrons. The first-order valence-electron chi connectivity index (χ1n) is 8.20. The van der Waals surface area contributed by atoms with Crippen molar-refractivity contribution in [2.24, 2.45) is 5.92 Å². The van der Waals surface area contributed by atoms with E-state index in [1.54, 1.807) is 0 Å². The lowest BCUT2D eigenvalue weighted by atomic mass is 9.86. The quantitative estimate of drug-likeness (QED) is 0.829. The number of rotatable bonds is 4. The maximum absolute atomic E-state index is 11.9. The Morgan fingerprint density at radius 3 is 2.88 bits per heavy atom. The highest BCUT2D eigenvalue weighted by atomic mass is 32.2. The zero-order valence-electron chi connectivity index (χ0n) is 13.6. The van der Waals surface area contributed by atoms with Crippen LogP contribution in [0.1, 0.15) is 32.6 Å². The van der Waals surface area contributed by atoms with E-state index in [2.05, 4.69) is 22.5 Å². The molecule has 1 saturated carbocycles. The normalized spacial score (nSPS) is 20.7. The summed E-state index contributed by atoms with van der Waals surface area (Å²) in [4.78, 5) is 28.1. The van der Waals surface area contributed by atoms with Crippen molar-refractivity contribution in [2.75, 3.05) is 5.75 Å². The molecule has 24 heavy (non-hydrogen) atoms. The van der Waals surface area contributed by atoms with Crippen molar-refractivity contribution in [2.45, 2.75) is 43.9 Å². The average molecular weight is 347 g/mol. The standard InChI is InChI=1S/C17H21N3O3S/c1-11-6-2-3-7-12(11)18-16(22)20-15(21)10-24-17-19-13-8-4-5-9-14(13)23-17/h4-5,8-9,11-12H,2-3,6-7,10H2,1H3,(H2,18,20,21,22)/t11-,12-/m1/s1. The average Bonchev–Trinajstić information content (AvgIpc) is 2.98. The summed E-state index contributed by atoms with van der Waals surface area (Å²) >= 11 is 1.17. The first-order chi connectivity index (χ1) is 11.6. The molecule has 2 aromatic rings. The van der Waals surface area contributed by atoms with Gasteiger partial charge in [-0.05, 0) is 30.9 Å². The molecule has 0 saturated heterocycles. The Bertz CT molecular complexity index is 698. The summed E-state index contributed by atoms with van der Waals surface area (Å²) in [6.45, 7) is 2.13. The summed E-state index contributed by atoms with van der Waals surface area (Å²) in [7, 11) is 0. The smallest absolute Gasteiger partial charge is 0.321 e. The molecule has 7 heteroatoms. The fourth-order valence-corrected chi connectivity index (χ4v) is 3.58. The lowest BCUT2D eigenvalue weighted by Crippen LogP contribution is -2.48. The maximum Gasteiger partial charge on any atom is 0.321 e. The van der Waals surface area contributed by atoms with Crippen LogP contribution in [-0.2, 0) is 4.79 Å². The minimum absolute atomic E-state index is 0.0838. The van der Waals surface area contributed by atoms with Gasteiger partial charge in [-0.2, -0.15) is 0 Å². The van der Waals surface area contributed by atoms with Crippen LogP contribution in [0.2, 0.25) is 0 Å². The van der Waals surface area contributed by atoms with E-state index < -0.39 is 6.03 Å². The lowest BCUT2D eigenvalue weighted by Gasteiger charge is -2.29. The van der Waals surface area contributed by atoms with Crippen molar-refractivity contribution >= 4 is 34.8 Å². The number of para-hydroxylation sites is 2. The number of benzene rings is 1. The fraction of sp³-hybridized carbons (Fsp3) is 0.471. The first-order valence-corrected chi connectivity index (χ1v) is 9.19. The van der Waals surface area contributed by atoms with Crippen molar-refractivity contribution in [3.8, 4) is 0 Å². The largest absolute Gasteiger partial charge is 0.431 e. The highest BCUT2D eigenvalue weighted by molar-refractivity contribution is 7.99. The van der Waals surface area contributed by atoms with Gasteiger partial charge in [0.05, 0.1) is 5.75 Å². The van der Waals surface area contributed by atoms with Crippen molar-refractivity contribution in [1.82, 2.24) is 15.6 Å². The van der Waals surface area contributed by atoms with Crippen molar-refractivity contribution in [1.29, 1.82) is 0 Å². The molecule has 1 aliphatic rings. The zero-order chi connectivity index (χ0) is 16.9. The molecule has 3 rings (SSSR count). The van der Waals surface area contributed by atoms with Crippen LogP contribution in [0.4, 0.5) is 4.79 Å². The number of carbonyl (C=O) groups excluding carboxylic acids is 2. The second-order valence-corrected chi connectivity index (χ2v) is 7.05. The predicted octanol–water partition coefficient (Wildman–Crippen LogP) is 3.32. The summed E-state index contributed by atoms with van der Waals surface area (Å²) in [6, 6.07) is 7.15. The van der Waals surface area contributed by atoms with Gasteiger partial charge in [-0.25, -0.2) is 9.78 Å². The molecule has 1 aromatic carbocycles. The molecule has 2 N–H and O–H groups in total. The Hall–Kier alpha value is -2.02. The van der Waals surface area contributed by atoms with Crippen molar-refractivity contribution in [3.63, 3.8) is 0 Å². The number of carbonyl (C=O) groups is 2. The van der Waals surface area contributed by atoms with Crippen LogP contribution < -0.4 is 10.6 Å². The summed E-state index contributed by atoms with van der Waals surface area (Å²) < 4.78 is 5.53. The molecule has 128 valence electrons. The van der Waals surface area contributed by atoms with E-state index in [9.17, 15) is 9.59 Å². The molecule has 0 aliphatic heterocycles. The van der Waals surface area contributed by atoms with Crippen molar-refractivity contribution < 1.29 is 14.0 Å². The summed E-state index contributed by atoms with van der Waals surface area (Å²) in [6.07, 6.45) is 4.42. The number of imide groups is 1. The van der Waals surface area contributed by atoms with Gasteiger partial charge in [0.1, 0.15) is 5.52 Å². The highest BCUT2D eigenvalue weighted by Crippen LogP contribution is 2.24. The Labute approximate surface area is 144 Å². The maximum atomic E-state index is 11.9. The molecule has 1 heterocycles. The zero-order valence-corrected chi connectivity index (χ0v) is 14.4. The lowest BCUT2D eigenvalue weighted by molar-refractivity contribution is -0.117. The van der Waals surface area contributed by atoms with E-state index in [4.69, 9.17) is 4.42 Å². The van der Waals surface area contributed by atoms with Crippen LogP contribution >= 0.6 is 11.8 Å². The molecule has 0 spiro atoms. The van der Waals surface area contributed by atoms with Gasteiger partial charge in [0.15, 0.2) is 5.58 Å². The van der Waals surface area contributed by atoms with Crippen LogP contribution in [0.5, 0.6) is 0 Å². The molecule has 1 fully saturated rings. The summed E-state index contributed by atoms with van der Waals surface area (Å²) in [5.74, 6) is 0.178. The van der Waals surface area contributed by atoms with Gasteiger partial charge in [-0.3, -0.25) is 10.1 Å². The molecule has 0 unspecified atom stereocenters. The molecular weight excluding hydrogens is 326 g/mol. The van der Waals surface area contributed by atoms with E-state index >= 15 is 0 Å². The van der Waals surface area contributed by atoms with Crippen molar-refractivity contribution in [3.05, 3.63) is 24.3 Å². The molecule has 2 atom stereocenters. The Kier molecular flexibility index (Phi) is 5.40. The molecule has 0 bridgehead atoms. The predicted molar refractivity (Wildman–Crippen MR) is 92.8 cm³/mol. The third kappa shape index (κ3) is 4.29. The monoisotopic (exact) mass is 347 g/mol. The number of hydrogen-bond acceptors (Lipinski definition) is 5. The molecule has 3 amide bonds. The van der Waals surface area contributed by atoms with E-state index in [1.165, 1.54) is 18.2 Å². The summed E-state index contributed by atoms with van der Waals surface area (Å²) in [5, 5.41) is 5.70. The topological polar surface area (TPSA) is 84.2 Å². The van der Waals surface area contributed by atoms with Crippen LogP contribution in [0.25, 0.3) is 11.1 Å². The Balaban J connectivity index is 1.45. The van der Waals surface area contributed by atoms with Gasteiger partial charge in [0.25, 0.3) is 5.22 Å². The van der Waals surface area contributed by atoms with Gasteiger partial charge in [0, 0.05) is 6.04 Å². The van der Waals surface area contributed by atoms with E-state index in [0.717, 1.165) is 24.8 Å². The van der Waals surface area contributed by atoms with Crippen LogP contribution in [-0.4, -0.2) is 28.7 Å². The number of urea groups is 1. The minimum Gasteiger partial charge on any atom is -0.431 e. The van der Waals surface area contributed by atoms with Gasteiger partial charge in [-0.15, -0.1) is 0 Å². The number of hydrogen-bond donors (Lipinski definition) is 2. The van der Waals surface area contributed by atoms with E-state index in [-0.39, 0.29) is 17.7 Å². The molecule has 1 aromatic heterocycles. The van der Waals surface area contributed by atoms with Gasteiger partial charge in [-0.1, -0.05) is 43.7 Å². The number of nitrogens with zero attached hydrogens (tertiary/aromatic N) is 1. The third-order valence-corrected chi connectivity index (χ3v) is 5.11. The number of oxazole rings is 1. The number of nitrogens with one attached hydrogen (secondary N) is 2. The summed E-state index contributed by atoms with van der Waals surface area (Å²) in [5.41, 5.74) is 1.44. The van der Waals surface area contributed by atoms with Gasteiger partial charge < -0.3 is 9.73 Å². The molecule has 1 aliphatic carbocycles. The fourth-order valence-electron chi connectivity index (χ4n) is 2.94. The van der Waals surface area contributed by atoms with E-state index in [1.807, 2.05) is 24.3 Å². The number of amides is 3. The van der Waals surface area contributed by atoms with Crippen LogP contribution in [0.15, 0.2) is 33.9 Å². The number of aromatic nitrogens is 1. The van der Waals surface area contributed by atoms with Gasteiger partial charge >= 0.3 is 6.03 Å². The first kappa shape index (κ1) is 16.8. The van der Waals surface area contributed by atoms with Crippen LogP contribution in [0, 0.1) is 5.92 Å². The van der Waals surface area contributed by atoms with Crippen LogP contribution in [0.3, 0.4) is 0 Å². The second-order valence-electron chi connectivity index (χ2n) is 6.13.